The second kappa shape index (κ2) is 15.0. The van der Waals surface area contributed by atoms with E-state index in [1.807, 2.05) is 12.1 Å². The average Bonchev–Trinajstić information content (AvgIpc) is 2.72. The number of hydrogen-bond donors (Lipinski definition) is 4. The van der Waals surface area contributed by atoms with Gasteiger partial charge in [0.15, 0.2) is 23.0 Å². The van der Waals surface area contributed by atoms with Crippen LogP contribution in [-0.4, -0.2) is 46.6 Å². The highest BCUT2D eigenvalue weighted by molar-refractivity contribution is 5.72. The molecule has 4 N–H and O–H groups in total. The van der Waals surface area contributed by atoms with Crippen molar-refractivity contribution >= 4 is 11.9 Å². The third-order valence-corrected chi connectivity index (χ3v) is 3.78. The highest BCUT2D eigenvalue weighted by atomic mass is 16.5. The Hall–Kier alpha value is -3.94. The molecule has 0 aromatic heterocycles. The fourth-order valence-corrected chi connectivity index (χ4v) is 2.48. The van der Waals surface area contributed by atoms with Crippen molar-refractivity contribution in [2.75, 3.05) is 14.2 Å². The maximum Gasteiger partial charge on any atom is 0.307 e. The monoisotopic (exact) mass is 446 g/mol. The summed E-state index contributed by atoms with van der Waals surface area (Å²) in [5.41, 5.74) is 2.30. The van der Waals surface area contributed by atoms with Gasteiger partial charge < -0.3 is 29.9 Å². The summed E-state index contributed by atoms with van der Waals surface area (Å²) >= 11 is 0. The molecule has 0 saturated carbocycles. The van der Waals surface area contributed by atoms with Crippen molar-refractivity contribution in [3.8, 4) is 23.0 Å². The topological polar surface area (TPSA) is 134 Å². The predicted octanol–water partition coefficient (Wildman–Crippen LogP) is 3.98. The van der Waals surface area contributed by atoms with Gasteiger partial charge in [0.2, 0.25) is 0 Å². The van der Waals surface area contributed by atoms with E-state index < -0.39 is 11.9 Å². The van der Waals surface area contributed by atoms with Crippen molar-refractivity contribution in [3.63, 3.8) is 0 Å². The van der Waals surface area contributed by atoms with Crippen molar-refractivity contribution < 1.29 is 39.5 Å². The third-order valence-electron chi connectivity index (χ3n) is 3.78. The normalized spacial score (nSPS) is 9.22. The van der Waals surface area contributed by atoms with Gasteiger partial charge >= 0.3 is 5.97 Å². The van der Waals surface area contributed by atoms with Crippen molar-refractivity contribution in [2.45, 2.75) is 26.2 Å². The van der Waals surface area contributed by atoms with Gasteiger partial charge in [-0.15, -0.1) is 13.2 Å². The van der Waals surface area contributed by atoms with Crippen LogP contribution in [0.3, 0.4) is 0 Å². The van der Waals surface area contributed by atoms with Crippen molar-refractivity contribution in [3.05, 3.63) is 72.3 Å². The summed E-state index contributed by atoms with van der Waals surface area (Å²) in [5.74, 6) is -0.971. The molecule has 174 valence electrons. The Morgan fingerprint density at radius 2 is 1.41 bits per heavy atom. The zero-order chi connectivity index (χ0) is 24.7. The second-order valence-electron chi connectivity index (χ2n) is 6.39. The molecule has 0 amide bonds. The molecule has 2 aromatic rings. The summed E-state index contributed by atoms with van der Waals surface area (Å²) in [7, 11) is 2.96. The maximum absolute atomic E-state index is 10.6. The first-order valence-electron chi connectivity index (χ1n) is 9.47. The van der Waals surface area contributed by atoms with Crippen LogP contribution in [0.15, 0.2) is 55.6 Å². The van der Waals surface area contributed by atoms with E-state index >= 15 is 0 Å². The second-order valence-corrected chi connectivity index (χ2v) is 6.39. The molecule has 32 heavy (non-hydrogen) atoms. The van der Waals surface area contributed by atoms with Gasteiger partial charge in [-0.3, -0.25) is 9.59 Å². The number of allylic oxidation sites excluding steroid dienone is 2. The van der Waals surface area contributed by atoms with Crippen molar-refractivity contribution in [1.29, 1.82) is 0 Å². The first kappa shape index (κ1) is 28.1. The molecule has 0 atom stereocenters. The van der Waals surface area contributed by atoms with Gasteiger partial charge in [0, 0.05) is 12.5 Å². The zero-order valence-electron chi connectivity index (χ0n) is 18.5. The van der Waals surface area contributed by atoms with Crippen LogP contribution in [0.2, 0.25) is 0 Å². The van der Waals surface area contributed by atoms with Gasteiger partial charge in [-0.2, -0.15) is 0 Å². The molecule has 8 nitrogen and oxygen atoms in total. The Bertz CT molecular complexity index is 914. The number of phenolic OH excluding ortho intramolecular Hbond substituents is 2. The number of phenols is 2. The van der Waals surface area contributed by atoms with Gasteiger partial charge in [-0.25, -0.2) is 0 Å². The molecule has 2 rings (SSSR count). The van der Waals surface area contributed by atoms with E-state index in [9.17, 15) is 15.0 Å². The van der Waals surface area contributed by atoms with Crippen LogP contribution in [0.5, 0.6) is 23.0 Å². The fraction of sp³-hybridized carbons (Fsp3) is 0.250. The molecule has 8 heteroatoms. The Balaban J connectivity index is 0.000000529. The summed E-state index contributed by atoms with van der Waals surface area (Å²) in [4.78, 5) is 19.6. The first-order valence-corrected chi connectivity index (χ1v) is 9.47. The number of ether oxygens (including phenoxy) is 2. The minimum atomic E-state index is -0.992. The molecule has 0 aliphatic carbocycles. The van der Waals surface area contributed by atoms with Gasteiger partial charge in [0.25, 0.3) is 5.97 Å². The van der Waals surface area contributed by atoms with E-state index in [0.29, 0.717) is 17.7 Å². The Labute approximate surface area is 187 Å². The minimum absolute atomic E-state index is 0.113. The van der Waals surface area contributed by atoms with Gasteiger partial charge in [0.05, 0.1) is 20.6 Å². The lowest BCUT2D eigenvalue weighted by atomic mass is 10.0. The molecule has 0 radical (unpaired) electrons. The molecule has 0 heterocycles. The standard InChI is InChI=1S/C12H14O4.C10H12O2.C2H4O2/c1-3-4-8-5-9(7-11(13)14)12(15)10(6-8)16-2;1-3-4-8-5-6-9(11)10(7-8)12-2;1-2(3)4/h3,5-6,15H,1,4,7H2,2H3,(H,13,14);3,5-7,11H,1,4H2,2H3;1H3,(H,3,4). The summed E-state index contributed by atoms with van der Waals surface area (Å²) < 4.78 is 9.92. The Morgan fingerprint density at radius 1 is 0.906 bits per heavy atom. The van der Waals surface area contributed by atoms with Gasteiger partial charge in [-0.1, -0.05) is 24.3 Å². The fourth-order valence-electron chi connectivity index (χ4n) is 2.48. The summed E-state index contributed by atoms with van der Waals surface area (Å²) in [6.07, 6.45) is 4.68. The van der Waals surface area contributed by atoms with Gasteiger partial charge in [-0.05, 0) is 42.2 Å². The molecule has 0 spiro atoms. The zero-order valence-corrected chi connectivity index (χ0v) is 18.5. The van der Waals surface area contributed by atoms with Crippen LogP contribution < -0.4 is 9.47 Å². The van der Waals surface area contributed by atoms with Crippen molar-refractivity contribution in [2.24, 2.45) is 0 Å². The highest BCUT2D eigenvalue weighted by Crippen LogP contribution is 2.32. The summed E-state index contributed by atoms with van der Waals surface area (Å²) in [6, 6.07) is 8.59. The molecule has 0 bridgehead atoms. The average molecular weight is 446 g/mol. The van der Waals surface area contributed by atoms with E-state index in [0.717, 1.165) is 24.5 Å². The van der Waals surface area contributed by atoms with E-state index in [1.165, 1.54) is 14.2 Å². The Morgan fingerprint density at radius 3 is 1.88 bits per heavy atom. The third kappa shape index (κ3) is 10.7. The number of aliphatic carboxylic acids is 2. The number of carboxylic acid groups (broad SMARTS) is 2. The number of benzene rings is 2. The first-order chi connectivity index (χ1) is 15.1. The molecule has 2 aromatic carbocycles. The number of hydrogen-bond acceptors (Lipinski definition) is 6. The molecule has 0 aliphatic rings. The molecule has 0 fully saturated rings. The molecular formula is C24H30O8. The highest BCUT2D eigenvalue weighted by Gasteiger charge is 2.12. The smallest absolute Gasteiger partial charge is 0.307 e. The molecule has 0 unspecified atom stereocenters. The number of rotatable bonds is 8. The predicted molar refractivity (Wildman–Crippen MR) is 122 cm³/mol. The quantitative estimate of drug-likeness (QED) is 0.448. The lowest BCUT2D eigenvalue weighted by molar-refractivity contribution is -0.136. The minimum Gasteiger partial charge on any atom is -0.504 e. The molecule has 0 aliphatic heterocycles. The molecular weight excluding hydrogens is 416 g/mol. The van der Waals surface area contributed by atoms with Crippen LogP contribution in [-0.2, 0) is 28.9 Å². The van der Waals surface area contributed by atoms with Crippen LogP contribution in [0.25, 0.3) is 0 Å². The summed E-state index contributed by atoms with van der Waals surface area (Å²) in [5, 5.41) is 35.1. The number of carboxylic acids is 2. The van der Waals surface area contributed by atoms with Crippen LogP contribution >= 0.6 is 0 Å². The number of carbonyl (C=O) groups is 2. The number of aromatic hydroxyl groups is 2. The van der Waals surface area contributed by atoms with Crippen LogP contribution in [0, 0.1) is 0 Å². The Kier molecular flexibility index (Phi) is 13.1. The maximum atomic E-state index is 10.6. The van der Waals surface area contributed by atoms with E-state index in [1.54, 1.807) is 30.3 Å². The van der Waals surface area contributed by atoms with E-state index in [4.69, 9.17) is 24.5 Å². The van der Waals surface area contributed by atoms with Crippen LogP contribution in [0.1, 0.15) is 23.6 Å². The largest absolute Gasteiger partial charge is 0.504 e. The lowest BCUT2D eigenvalue weighted by Gasteiger charge is -2.10. The van der Waals surface area contributed by atoms with Gasteiger partial charge in [0.1, 0.15) is 0 Å². The van der Waals surface area contributed by atoms with E-state index in [2.05, 4.69) is 13.2 Å². The van der Waals surface area contributed by atoms with Crippen molar-refractivity contribution in [1.82, 2.24) is 0 Å². The van der Waals surface area contributed by atoms with Crippen LogP contribution in [0.4, 0.5) is 0 Å². The molecule has 0 saturated heterocycles. The summed E-state index contributed by atoms with van der Waals surface area (Å²) in [6.45, 7) is 8.32. The SMILES string of the molecule is C=CCc1cc(CC(=O)O)c(O)c(OC)c1.C=CCc1ccc(O)c(OC)c1.CC(=O)O. The lowest BCUT2D eigenvalue weighted by Crippen LogP contribution is -2.02. The number of methoxy groups -OCH3 is 2. The van der Waals surface area contributed by atoms with E-state index in [-0.39, 0.29) is 23.7 Å².